The molecule has 3 aromatic carbocycles. The van der Waals surface area contributed by atoms with Gasteiger partial charge in [-0.25, -0.2) is 4.90 Å². The molecule has 6 heteroatoms. The van der Waals surface area contributed by atoms with Crippen molar-refractivity contribution in [1.82, 2.24) is 0 Å². The summed E-state index contributed by atoms with van der Waals surface area (Å²) >= 11 is 9.44. The zero-order valence-electron chi connectivity index (χ0n) is 15.4. The van der Waals surface area contributed by atoms with Crippen LogP contribution in [0.3, 0.4) is 0 Å². The molecule has 1 heterocycles. The van der Waals surface area contributed by atoms with Gasteiger partial charge in [-0.05, 0) is 60.5 Å². The molecule has 0 saturated carbocycles. The lowest BCUT2D eigenvalue weighted by molar-refractivity contribution is -0.120. The Hall–Kier alpha value is -2.89. The lowest BCUT2D eigenvalue weighted by atomic mass is 10.0. The van der Waals surface area contributed by atoms with Crippen LogP contribution in [0.4, 0.5) is 11.4 Å². The molecule has 0 unspecified atom stereocenters. The number of carbonyl (C=O) groups excluding carboxylic acids is 2. The molecule has 144 valence electrons. The van der Waals surface area contributed by atoms with Gasteiger partial charge < -0.3 is 5.32 Å². The van der Waals surface area contributed by atoms with Crippen molar-refractivity contribution in [2.24, 2.45) is 0 Å². The van der Waals surface area contributed by atoms with Crippen molar-refractivity contribution >= 4 is 56.3 Å². The third-order valence-electron chi connectivity index (χ3n) is 4.57. The first-order chi connectivity index (χ1) is 13.9. The third-order valence-corrected chi connectivity index (χ3v) is 5.32. The van der Waals surface area contributed by atoms with E-state index < -0.39 is 5.91 Å². The van der Waals surface area contributed by atoms with Gasteiger partial charge in [-0.2, -0.15) is 0 Å². The van der Waals surface area contributed by atoms with E-state index in [1.54, 1.807) is 30.3 Å². The summed E-state index contributed by atoms with van der Waals surface area (Å²) in [6.45, 7) is 1.92. The molecule has 1 aliphatic heterocycles. The molecule has 0 saturated heterocycles. The number of aryl methyl sites for hydroxylation is 1. The van der Waals surface area contributed by atoms with E-state index in [1.807, 2.05) is 49.4 Å². The second-order valence-electron chi connectivity index (χ2n) is 6.68. The van der Waals surface area contributed by atoms with Crippen molar-refractivity contribution in [3.63, 3.8) is 0 Å². The number of hydrogen-bond donors (Lipinski definition) is 1. The molecule has 29 heavy (non-hydrogen) atoms. The lowest BCUT2D eigenvalue weighted by Crippen LogP contribution is -2.32. The zero-order chi connectivity index (χ0) is 20.5. The first-order valence-electron chi connectivity index (χ1n) is 8.92. The molecule has 2 amide bonds. The minimum Gasteiger partial charge on any atom is -0.350 e. The summed E-state index contributed by atoms with van der Waals surface area (Å²) in [5.74, 6) is -0.772. The van der Waals surface area contributed by atoms with Crippen LogP contribution in [-0.4, -0.2) is 11.8 Å². The molecule has 0 aliphatic carbocycles. The summed E-state index contributed by atoms with van der Waals surface area (Å²) in [5, 5.41) is 3.70. The number of hydrogen-bond acceptors (Lipinski definition) is 3. The van der Waals surface area contributed by atoms with Gasteiger partial charge in [-0.1, -0.05) is 57.9 Å². The summed E-state index contributed by atoms with van der Waals surface area (Å²) in [4.78, 5) is 27.9. The fourth-order valence-electron chi connectivity index (χ4n) is 3.24. The van der Waals surface area contributed by atoms with Gasteiger partial charge in [0.15, 0.2) is 0 Å². The van der Waals surface area contributed by atoms with Crippen LogP contribution in [0, 0.1) is 6.92 Å². The second kappa shape index (κ2) is 7.85. The van der Waals surface area contributed by atoms with E-state index in [9.17, 15) is 9.59 Å². The molecule has 0 spiro atoms. The second-order valence-corrected chi connectivity index (χ2v) is 8.03. The van der Waals surface area contributed by atoms with Crippen LogP contribution in [0.5, 0.6) is 0 Å². The van der Waals surface area contributed by atoms with Crippen LogP contribution in [0.25, 0.3) is 5.57 Å². The van der Waals surface area contributed by atoms with E-state index in [0.29, 0.717) is 27.5 Å². The normalized spacial score (nSPS) is 14.0. The van der Waals surface area contributed by atoms with Gasteiger partial charge in [-0.3, -0.25) is 9.59 Å². The predicted octanol–water partition coefficient (Wildman–Crippen LogP) is 5.81. The molecule has 0 radical (unpaired) electrons. The molecular weight excluding hydrogens is 452 g/mol. The number of nitrogens with one attached hydrogen (secondary N) is 1. The number of anilines is 2. The quantitative estimate of drug-likeness (QED) is 0.493. The highest BCUT2D eigenvalue weighted by Gasteiger charge is 2.40. The van der Waals surface area contributed by atoms with E-state index >= 15 is 0 Å². The summed E-state index contributed by atoms with van der Waals surface area (Å²) in [5.41, 5.74) is 3.38. The van der Waals surface area contributed by atoms with Crippen LogP contribution in [0.15, 0.2) is 83.0 Å². The highest BCUT2D eigenvalue weighted by molar-refractivity contribution is 9.10. The summed E-state index contributed by atoms with van der Waals surface area (Å²) < 4.78 is 0.864. The Bertz CT molecular complexity index is 1160. The number of carbonyl (C=O) groups is 2. The molecular formula is C23H16BrClN2O2. The van der Waals surface area contributed by atoms with Gasteiger partial charge in [0, 0.05) is 15.2 Å². The summed E-state index contributed by atoms with van der Waals surface area (Å²) in [6.07, 6.45) is 0. The zero-order valence-corrected chi connectivity index (χ0v) is 17.8. The Balaban J connectivity index is 1.83. The number of halogens is 2. The van der Waals surface area contributed by atoms with Crippen LogP contribution < -0.4 is 10.2 Å². The fourth-order valence-corrected chi connectivity index (χ4v) is 3.77. The smallest absolute Gasteiger partial charge is 0.282 e. The van der Waals surface area contributed by atoms with E-state index in [-0.39, 0.29) is 11.6 Å². The standard InChI is InChI=1S/C23H16BrClN2O2/c1-14-4-2-7-19(12-14)27-22(28)20(15-8-10-17(25)11-9-15)21(23(27)29)26-18-6-3-5-16(24)13-18/h2-13,26H,1H3. The Kier molecular flexibility index (Phi) is 5.26. The van der Waals surface area contributed by atoms with Crippen LogP contribution in [0.1, 0.15) is 11.1 Å². The van der Waals surface area contributed by atoms with Crippen molar-refractivity contribution in [3.05, 3.63) is 99.1 Å². The average Bonchev–Trinajstić information content (AvgIpc) is 2.92. The van der Waals surface area contributed by atoms with E-state index in [1.165, 1.54) is 4.90 Å². The van der Waals surface area contributed by atoms with E-state index in [0.717, 1.165) is 10.0 Å². The van der Waals surface area contributed by atoms with E-state index in [4.69, 9.17) is 11.6 Å². The van der Waals surface area contributed by atoms with Crippen LogP contribution in [0.2, 0.25) is 5.02 Å². The van der Waals surface area contributed by atoms with Gasteiger partial charge >= 0.3 is 0 Å². The Morgan fingerprint density at radius 1 is 0.897 bits per heavy atom. The maximum Gasteiger partial charge on any atom is 0.282 e. The highest BCUT2D eigenvalue weighted by Crippen LogP contribution is 2.34. The highest BCUT2D eigenvalue weighted by atomic mass is 79.9. The maximum absolute atomic E-state index is 13.3. The van der Waals surface area contributed by atoms with Gasteiger partial charge in [-0.15, -0.1) is 0 Å². The Morgan fingerprint density at radius 3 is 2.31 bits per heavy atom. The van der Waals surface area contributed by atoms with Crippen molar-refractivity contribution in [3.8, 4) is 0 Å². The minimum absolute atomic E-state index is 0.233. The summed E-state index contributed by atoms with van der Waals surface area (Å²) in [7, 11) is 0. The SMILES string of the molecule is Cc1cccc(N2C(=O)C(Nc3cccc(Br)c3)=C(c3ccc(Cl)cc3)C2=O)c1. The minimum atomic E-state index is -0.398. The molecule has 1 aliphatic rings. The Labute approximate surface area is 181 Å². The van der Waals surface area contributed by atoms with Gasteiger partial charge in [0.2, 0.25) is 0 Å². The number of amides is 2. The van der Waals surface area contributed by atoms with Crippen LogP contribution in [-0.2, 0) is 9.59 Å². The summed E-state index contributed by atoms with van der Waals surface area (Å²) in [6, 6.07) is 21.6. The molecule has 0 aromatic heterocycles. The van der Waals surface area contributed by atoms with Crippen molar-refractivity contribution in [2.75, 3.05) is 10.2 Å². The third kappa shape index (κ3) is 3.84. The van der Waals surface area contributed by atoms with Crippen molar-refractivity contribution in [2.45, 2.75) is 6.92 Å². The average molecular weight is 468 g/mol. The fraction of sp³-hybridized carbons (Fsp3) is 0.0435. The molecule has 4 nitrogen and oxygen atoms in total. The number of imide groups is 1. The largest absolute Gasteiger partial charge is 0.350 e. The molecule has 3 aromatic rings. The van der Waals surface area contributed by atoms with Crippen molar-refractivity contribution in [1.29, 1.82) is 0 Å². The topological polar surface area (TPSA) is 49.4 Å². The van der Waals surface area contributed by atoms with Crippen molar-refractivity contribution < 1.29 is 9.59 Å². The number of nitrogens with zero attached hydrogens (tertiary/aromatic N) is 1. The van der Waals surface area contributed by atoms with E-state index in [2.05, 4.69) is 21.2 Å². The molecule has 0 bridgehead atoms. The predicted molar refractivity (Wildman–Crippen MR) is 120 cm³/mol. The molecule has 0 fully saturated rings. The monoisotopic (exact) mass is 466 g/mol. The van der Waals surface area contributed by atoms with Gasteiger partial charge in [0.1, 0.15) is 5.70 Å². The maximum atomic E-state index is 13.3. The first-order valence-corrected chi connectivity index (χ1v) is 10.1. The van der Waals surface area contributed by atoms with Gasteiger partial charge in [0.25, 0.3) is 11.8 Å². The Morgan fingerprint density at radius 2 is 1.62 bits per heavy atom. The van der Waals surface area contributed by atoms with Crippen LogP contribution >= 0.6 is 27.5 Å². The van der Waals surface area contributed by atoms with Gasteiger partial charge in [0.05, 0.1) is 11.3 Å². The molecule has 4 rings (SSSR count). The number of rotatable bonds is 4. The molecule has 0 atom stereocenters. The molecule has 1 N–H and O–H groups in total. The lowest BCUT2D eigenvalue weighted by Gasteiger charge is -2.16. The first kappa shape index (κ1) is 19.4. The number of benzene rings is 3.